The van der Waals surface area contributed by atoms with Crippen LogP contribution in [0.15, 0.2) is 0 Å². The SMILES string of the molecule is C.C.CCC(C)(C)C(=O)OC(C)(C)C(=O)OC1C2CC3CC(C2)CC1C3. The van der Waals surface area contributed by atoms with Crippen molar-refractivity contribution in [1.29, 1.82) is 0 Å². The lowest BCUT2D eigenvalue weighted by Gasteiger charge is -2.53. The van der Waals surface area contributed by atoms with Gasteiger partial charge in [0.25, 0.3) is 0 Å². The third-order valence-electron chi connectivity index (χ3n) is 6.66. The molecule has 4 heteroatoms. The summed E-state index contributed by atoms with van der Waals surface area (Å²) in [7, 11) is 0. The van der Waals surface area contributed by atoms with Crippen molar-refractivity contribution in [2.75, 3.05) is 0 Å². The average molecular weight is 369 g/mol. The first-order chi connectivity index (χ1) is 11.1. The average Bonchev–Trinajstić information content (AvgIpc) is 2.49. The summed E-state index contributed by atoms with van der Waals surface area (Å²) < 4.78 is 11.5. The molecule has 0 aromatic heterocycles. The van der Waals surface area contributed by atoms with Crippen molar-refractivity contribution in [2.24, 2.45) is 29.1 Å². The Morgan fingerprint density at radius 2 is 1.31 bits per heavy atom. The summed E-state index contributed by atoms with van der Waals surface area (Å²) in [5.74, 6) is 2.00. The Bertz CT molecular complexity index is 492. The predicted molar refractivity (Wildman–Crippen MR) is 105 cm³/mol. The minimum Gasteiger partial charge on any atom is -0.459 e. The Hall–Kier alpha value is -1.06. The maximum atomic E-state index is 12.7. The Morgan fingerprint density at radius 1 is 0.846 bits per heavy atom. The standard InChI is InChI=1S/C20H32O4.2CH4/c1-6-19(2,3)17(21)24-20(4,5)18(22)23-16-14-8-12-7-13(10-14)11-15(16)9-12;;/h12-16H,6-11H2,1-5H3;2*1H4. The van der Waals surface area contributed by atoms with Crippen molar-refractivity contribution in [2.45, 2.75) is 99.7 Å². The Balaban J connectivity index is 0.00000169. The van der Waals surface area contributed by atoms with Crippen molar-refractivity contribution < 1.29 is 19.1 Å². The van der Waals surface area contributed by atoms with Gasteiger partial charge in [0.1, 0.15) is 6.10 Å². The van der Waals surface area contributed by atoms with Crippen LogP contribution in [0.25, 0.3) is 0 Å². The quantitative estimate of drug-likeness (QED) is 0.611. The number of hydrogen-bond acceptors (Lipinski definition) is 4. The van der Waals surface area contributed by atoms with Crippen LogP contribution in [0.3, 0.4) is 0 Å². The highest BCUT2D eigenvalue weighted by Gasteiger charge is 2.51. The molecule has 0 aromatic carbocycles. The van der Waals surface area contributed by atoms with Gasteiger partial charge in [0, 0.05) is 0 Å². The van der Waals surface area contributed by atoms with E-state index < -0.39 is 11.0 Å². The van der Waals surface area contributed by atoms with E-state index in [4.69, 9.17) is 9.47 Å². The summed E-state index contributed by atoms with van der Waals surface area (Å²) in [6, 6.07) is 0. The van der Waals surface area contributed by atoms with Crippen LogP contribution in [0.2, 0.25) is 0 Å². The molecule has 0 spiro atoms. The number of rotatable bonds is 5. The van der Waals surface area contributed by atoms with Crippen LogP contribution in [0.4, 0.5) is 0 Å². The first-order valence-corrected chi connectivity index (χ1v) is 9.57. The summed E-state index contributed by atoms with van der Waals surface area (Å²) in [6.07, 6.45) is 6.89. The zero-order valence-electron chi connectivity index (χ0n) is 15.8. The molecule has 0 radical (unpaired) electrons. The molecule has 0 atom stereocenters. The molecule has 4 fully saturated rings. The molecule has 4 saturated carbocycles. The number of esters is 2. The summed E-state index contributed by atoms with van der Waals surface area (Å²) in [5, 5.41) is 0. The summed E-state index contributed by atoms with van der Waals surface area (Å²) in [5.41, 5.74) is -1.81. The van der Waals surface area contributed by atoms with Gasteiger partial charge in [-0.3, -0.25) is 4.79 Å². The second-order valence-electron chi connectivity index (χ2n) is 9.44. The van der Waals surface area contributed by atoms with E-state index >= 15 is 0 Å². The van der Waals surface area contributed by atoms with Crippen molar-refractivity contribution >= 4 is 11.9 Å². The molecule has 152 valence electrons. The van der Waals surface area contributed by atoms with Gasteiger partial charge in [0.2, 0.25) is 5.60 Å². The van der Waals surface area contributed by atoms with E-state index in [2.05, 4.69) is 0 Å². The highest BCUT2D eigenvalue weighted by Crippen LogP contribution is 2.54. The Labute approximate surface area is 160 Å². The molecule has 0 unspecified atom stereocenters. The second-order valence-corrected chi connectivity index (χ2v) is 9.44. The van der Waals surface area contributed by atoms with E-state index in [0.717, 1.165) is 11.8 Å². The van der Waals surface area contributed by atoms with Gasteiger partial charge in [0.05, 0.1) is 5.41 Å². The zero-order chi connectivity index (χ0) is 17.7. The molecule has 0 saturated heterocycles. The number of carbonyl (C=O) groups is 2. The summed E-state index contributed by atoms with van der Waals surface area (Å²) in [6.45, 7) is 8.92. The molecule has 4 nitrogen and oxygen atoms in total. The maximum absolute atomic E-state index is 12.7. The smallest absolute Gasteiger partial charge is 0.350 e. The van der Waals surface area contributed by atoms with Gasteiger partial charge >= 0.3 is 11.9 Å². The second kappa shape index (κ2) is 7.90. The van der Waals surface area contributed by atoms with Crippen molar-refractivity contribution in [3.05, 3.63) is 0 Å². The van der Waals surface area contributed by atoms with Crippen LogP contribution in [-0.2, 0) is 19.1 Å². The summed E-state index contributed by atoms with van der Waals surface area (Å²) >= 11 is 0. The molecule has 4 aliphatic carbocycles. The largest absolute Gasteiger partial charge is 0.459 e. The van der Waals surface area contributed by atoms with Gasteiger partial charge in [0.15, 0.2) is 0 Å². The maximum Gasteiger partial charge on any atom is 0.350 e. The minimum absolute atomic E-state index is 0. The lowest BCUT2D eigenvalue weighted by atomic mass is 9.55. The van der Waals surface area contributed by atoms with E-state index in [0.29, 0.717) is 18.3 Å². The molecule has 4 rings (SSSR count). The lowest BCUT2D eigenvalue weighted by molar-refractivity contribution is -0.199. The van der Waals surface area contributed by atoms with Crippen LogP contribution < -0.4 is 0 Å². The first kappa shape index (κ1) is 23.0. The Morgan fingerprint density at radius 3 is 1.73 bits per heavy atom. The third-order valence-corrected chi connectivity index (χ3v) is 6.66. The van der Waals surface area contributed by atoms with Crippen molar-refractivity contribution in [1.82, 2.24) is 0 Å². The van der Waals surface area contributed by atoms with Gasteiger partial charge in [-0.1, -0.05) is 21.8 Å². The van der Waals surface area contributed by atoms with E-state index in [1.165, 1.54) is 32.1 Å². The van der Waals surface area contributed by atoms with Crippen LogP contribution in [-0.4, -0.2) is 23.6 Å². The highest BCUT2D eigenvalue weighted by molar-refractivity contribution is 5.84. The Kier molecular flexibility index (Phi) is 6.98. The molecule has 0 heterocycles. The van der Waals surface area contributed by atoms with Crippen LogP contribution in [0, 0.1) is 29.1 Å². The highest BCUT2D eigenvalue weighted by atomic mass is 16.6. The zero-order valence-corrected chi connectivity index (χ0v) is 15.8. The molecule has 0 aromatic rings. The van der Waals surface area contributed by atoms with Gasteiger partial charge in [-0.2, -0.15) is 0 Å². The van der Waals surface area contributed by atoms with Gasteiger partial charge in [-0.25, -0.2) is 4.79 Å². The first-order valence-electron chi connectivity index (χ1n) is 9.57. The molecular weight excluding hydrogens is 328 g/mol. The number of ether oxygens (including phenoxy) is 2. The molecule has 4 aliphatic rings. The number of carbonyl (C=O) groups excluding carboxylic acids is 2. The van der Waals surface area contributed by atoms with Gasteiger partial charge in [-0.05, 0) is 89.9 Å². The van der Waals surface area contributed by atoms with Gasteiger partial charge < -0.3 is 9.47 Å². The number of hydrogen-bond donors (Lipinski definition) is 0. The monoisotopic (exact) mass is 368 g/mol. The van der Waals surface area contributed by atoms with E-state index in [-0.39, 0.29) is 32.9 Å². The fraction of sp³-hybridized carbons (Fsp3) is 0.909. The summed E-state index contributed by atoms with van der Waals surface area (Å²) in [4.78, 5) is 25.0. The molecular formula is C22H40O4. The molecule has 0 N–H and O–H groups in total. The van der Waals surface area contributed by atoms with Crippen LogP contribution >= 0.6 is 0 Å². The third kappa shape index (κ3) is 4.26. The molecule has 26 heavy (non-hydrogen) atoms. The topological polar surface area (TPSA) is 52.6 Å². The fourth-order valence-electron chi connectivity index (χ4n) is 4.89. The fourth-order valence-corrected chi connectivity index (χ4v) is 4.89. The predicted octanol–water partition coefficient (Wildman–Crippen LogP) is 5.38. The van der Waals surface area contributed by atoms with Crippen molar-refractivity contribution in [3.8, 4) is 0 Å². The van der Waals surface area contributed by atoms with Crippen molar-refractivity contribution in [3.63, 3.8) is 0 Å². The van der Waals surface area contributed by atoms with E-state index in [1.54, 1.807) is 13.8 Å². The van der Waals surface area contributed by atoms with Crippen LogP contribution in [0.1, 0.15) is 88.0 Å². The van der Waals surface area contributed by atoms with E-state index in [1.807, 2.05) is 20.8 Å². The van der Waals surface area contributed by atoms with E-state index in [9.17, 15) is 9.59 Å². The van der Waals surface area contributed by atoms with Gasteiger partial charge in [-0.15, -0.1) is 0 Å². The molecule has 0 aliphatic heterocycles. The normalized spacial score (nSPS) is 32.3. The van der Waals surface area contributed by atoms with Crippen LogP contribution in [0.5, 0.6) is 0 Å². The molecule has 0 amide bonds. The molecule has 4 bridgehead atoms. The lowest BCUT2D eigenvalue weighted by Crippen LogP contribution is -2.52. The minimum atomic E-state index is -1.22.